The molecule has 0 aliphatic carbocycles. The maximum atomic E-state index is 13.5. The Bertz CT molecular complexity index is 1270. The van der Waals surface area contributed by atoms with Gasteiger partial charge in [0, 0.05) is 44.7 Å². The first-order valence-corrected chi connectivity index (χ1v) is 15.4. The minimum absolute atomic E-state index is 0.00317. The Kier molecular flexibility index (Phi) is 8.52. The Morgan fingerprint density at radius 2 is 1.74 bits per heavy atom. The number of hydrogen-bond donors (Lipinski definition) is 1. The molecule has 0 spiro atoms. The number of nitrogens with one attached hydrogen (secondary N) is 1. The second kappa shape index (κ2) is 11.4. The number of nitrogens with zero attached hydrogens (tertiary/aromatic N) is 4. The van der Waals surface area contributed by atoms with Gasteiger partial charge in [-0.3, -0.25) is 9.10 Å². The predicted octanol–water partition coefficient (Wildman–Crippen LogP) is 5.36. The predicted molar refractivity (Wildman–Crippen MR) is 161 cm³/mol. The van der Waals surface area contributed by atoms with Crippen molar-refractivity contribution in [3.63, 3.8) is 0 Å². The average Bonchev–Trinajstić information content (AvgIpc) is 3.16. The van der Waals surface area contributed by atoms with E-state index in [9.17, 15) is 13.2 Å². The highest BCUT2D eigenvalue weighted by atomic mass is 32.2. The van der Waals surface area contributed by atoms with E-state index in [1.54, 1.807) is 19.2 Å². The molecule has 1 N–H and O–H groups in total. The molecule has 39 heavy (non-hydrogen) atoms. The highest BCUT2D eigenvalue weighted by Crippen LogP contribution is 2.46. The van der Waals surface area contributed by atoms with Gasteiger partial charge in [0.05, 0.1) is 22.0 Å². The number of amides is 1. The molecule has 1 saturated heterocycles. The fraction of sp³-hybridized carbons (Fsp3) is 0.567. The maximum Gasteiger partial charge on any atom is 0.264 e. The summed E-state index contributed by atoms with van der Waals surface area (Å²) in [4.78, 5) is 18.8. The van der Waals surface area contributed by atoms with Crippen LogP contribution in [0.2, 0.25) is 0 Å². The van der Waals surface area contributed by atoms with Crippen molar-refractivity contribution in [3.8, 4) is 0 Å². The summed E-state index contributed by atoms with van der Waals surface area (Å²) >= 11 is 0. The van der Waals surface area contributed by atoms with Gasteiger partial charge in [0.25, 0.3) is 10.0 Å². The van der Waals surface area contributed by atoms with Gasteiger partial charge < -0.3 is 20.0 Å². The Morgan fingerprint density at radius 3 is 2.36 bits per heavy atom. The van der Waals surface area contributed by atoms with Crippen LogP contribution >= 0.6 is 0 Å². The highest BCUT2D eigenvalue weighted by Gasteiger charge is 2.41. The summed E-state index contributed by atoms with van der Waals surface area (Å²) in [5.74, 6) is -0.200. The van der Waals surface area contributed by atoms with Crippen LogP contribution < -0.4 is 19.4 Å². The molecule has 1 fully saturated rings. The molecule has 0 bridgehead atoms. The molecule has 9 heteroatoms. The van der Waals surface area contributed by atoms with E-state index in [1.807, 2.05) is 12.1 Å². The number of fused-ring (bicyclic) bond motifs is 1. The van der Waals surface area contributed by atoms with Gasteiger partial charge in [-0.05, 0) is 81.7 Å². The minimum Gasteiger partial charge on any atom is -0.352 e. The Balaban J connectivity index is 1.56. The zero-order valence-corrected chi connectivity index (χ0v) is 25.4. The molecule has 2 unspecified atom stereocenters. The van der Waals surface area contributed by atoms with Crippen molar-refractivity contribution in [3.05, 3.63) is 42.5 Å². The lowest BCUT2D eigenvalue weighted by Gasteiger charge is -2.41. The molecular weight excluding hydrogens is 510 g/mol. The molecule has 4 rings (SSSR count). The molecule has 2 aliphatic rings. The first-order chi connectivity index (χ1) is 18.3. The van der Waals surface area contributed by atoms with E-state index < -0.39 is 10.0 Å². The van der Waals surface area contributed by atoms with Gasteiger partial charge in [-0.1, -0.05) is 27.2 Å². The van der Waals surface area contributed by atoms with Crippen molar-refractivity contribution in [2.75, 3.05) is 53.7 Å². The van der Waals surface area contributed by atoms with Gasteiger partial charge in [0.15, 0.2) is 0 Å². The summed E-state index contributed by atoms with van der Waals surface area (Å²) < 4.78 is 28.3. The number of piperidine rings is 1. The second-order valence-electron chi connectivity index (χ2n) is 12.2. The molecule has 0 saturated carbocycles. The van der Waals surface area contributed by atoms with E-state index in [0.29, 0.717) is 17.4 Å². The zero-order valence-electron chi connectivity index (χ0n) is 24.6. The number of anilines is 4. The molecule has 2 aliphatic heterocycles. The van der Waals surface area contributed by atoms with Gasteiger partial charge in [0.2, 0.25) is 5.91 Å². The summed E-state index contributed by atoms with van der Waals surface area (Å²) in [5.41, 5.74) is 3.38. The van der Waals surface area contributed by atoms with Crippen LogP contribution in [0.1, 0.15) is 59.8 Å². The third-order valence-electron chi connectivity index (χ3n) is 8.14. The topological polar surface area (TPSA) is 76.2 Å². The highest BCUT2D eigenvalue weighted by molar-refractivity contribution is 7.92. The lowest BCUT2D eigenvalue weighted by Crippen LogP contribution is -2.50. The Labute approximate surface area is 235 Å². The van der Waals surface area contributed by atoms with Crippen LogP contribution in [-0.2, 0) is 14.8 Å². The first kappa shape index (κ1) is 29.2. The third-order valence-corrected chi connectivity index (χ3v) is 9.94. The largest absolute Gasteiger partial charge is 0.352 e. The van der Waals surface area contributed by atoms with Gasteiger partial charge in [-0.25, -0.2) is 8.42 Å². The van der Waals surface area contributed by atoms with Crippen LogP contribution in [0, 0.1) is 5.41 Å². The summed E-state index contributed by atoms with van der Waals surface area (Å²) in [6.45, 7) is 10.4. The van der Waals surface area contributed by atoms with Crippen molar-refractivity contribution < 1.29 is 13.2 Å². The maximum absolute atomic E-state index is 13.5. The van der Waals surface area contributed by atoms with Crippen molar-refractivity contribution >= 4 is 38.7 Å². The smallest absolute Gasteiger partial charge is 0.264 e. The van der Waals surface area contributed by atoms with Gasteiger partial charge in [-0.2, -0.15) is 0 Å². The van der Waals surface area contributed by atoms with E-state index in [0.717, 1.165) is 24.3 Å². The summed E-state index contributed by atoms with van der Waals surface area (Å²) in [7, 11) is 2.18. The normalized spacial score (nSPS) is 20.2. The molecule has 2 aromatic rings. The SMILES string of the molecule is CC(=O)Nc1ccc(S(=O)(=O)N(C)c2ccc3c(c2)N(C)C(C(C)(C)C)N3CCCC2CCCCN2C)cc1. The number of carbonyl (C=O) groups is 1. The molecule has 2 heterocycles. The molecule has 1 amide bonds. The van der Waals surface area contributed by atoms with Crippen LogP contribution in [-0.4, -0.2) is 65.7 Å². The third kappa shape index (κ3) is 6.19. The van der Waals surface area contributed by atoms with Crippen molar-refractivity contribution in [2.24, 2.45) is 5.41 Å². The minimum atomic E-state index is -3.78. The standard InChI is InChI=1S/C30H45N5O3S/c1-22(36)31-23-13-16-26(17-14-23)39(37,38)34(7)25-15-18-27-28(21-25)33(6)29(30(2,3)4)35(27)20-10-12-24-11-8-9-19-32(24)5/h13-18,21,24,29H,8-12,19-20H2,1-7H3,(H,31,36). The molecule has 214 valence electrons. The van der Waals surface area contributed by atoms with Crippen LogP contribution in [0.5, 0.6) is 0 Å². The fourth-order valence-corrected chi connectivity index (χ4v) is 7.40. The second-order valence-corrected chi connectivity index (χ2v) is 14.1. The van der Waals surface area contributed by atoms with E-state index in [-0.39, 0.29) is 22.4 Å². The van der Waals surface area contributed by atoms with Gasteiger partial charge in [0.1, 0.15) is 6.17 Å². The summed E-state index contributed by atoms with van der Waals surface area (Å²) in [5, 5.41) is 2.67. The van der Waals surface area contributed by atoms with Crippen molar-refractivity contribution in [1.29, 1.82) is 0 Å². The number of likely N-dealkylation sites (tertiary alicyclic amines) is 1. The van der Waals surface area contributed by atoms with Gasteiger partial charge in [-0.15, -0.1) is 0 Å². The van der Waals surface area contributed by atoms with E-state index in [4.69, 9.17) is 0 Å². The lowest BCUT2D eigenvalue weighted by atomic mass is 9.90. The molecule has 0 aromatic heterocycles. The number of benzene rings is 2. The van der Waals surface area contributed by atoms with Crippen LogP contribution in [0.15, 0.2) is 47.4 Å². The van der Waals surface area contributed by atoms with Crippen LogP contribution in [0.3, 0.4) is 0 Å². The van der Waals surface area contributed by atoms with Crippen LogP contribution in [0.4, 0.5) is 22.7 Å². The Morgan fingerprint density at radius 1 is 1.05 bits per heavy atom. The number of sulfonamides is 1. The van der Waals surface area contributed by atoms with Gasteiger partial charge >= 0.3 is 0 Å². The number of rotatable bonds is 8. The van der Waals surface area contributed by atoms with Crippen LogP contribution in [0.25, 0.3) is 0 Å². The van der Waals surface area contributed by atoms with E-state index >= 15 is 0 Å². The Hall–Kier alpha value is -2.78. The lowest BCUT2D eigenvalue weighted by molar-refractivity contribution is -0.114. The fourth-order valence-electron chi connectivity index (χ4n) is 6.21. The summed E-state index contributed by atoms with van der Waals surface area (Å²) in [6, 6.07) is 12.9. The van der Waals surface area contributed by atoms with Crippen molar-refractivity contribution in [1.82, 2.24) is 4.90 Å². The average molecular weight is 556 g/mol. The number of hydrogen-bond acceptors (Lipinski definition) is 6. The molecule has 0 radical (unpaired) electrons. The summed E-state index contributed by atoms with van der Waals surface area (Å²) in [6.07, 6.45) is 6.42. The van der Waals surface area contributed by atoms with E-state index in [2.05, 4.69) is 60.9 Å². The monoisotopic (exact) mass is 555 g/mol. The molecule has 2 atom stereocenters. The number of carbonyl (C=O) groups excluding carboxylic acids is 1. The molecule has 2 aromatic carbocycles. The van der Waals surface area contributed by atoms with Crippen molar-refractivity contribution in [2.45, 2.75) is 76.9 Å². The molecular formula is C30H45N5O3S. The molecule has 8 nitrogen and oxygen atoms in total. The zero-order chi connectivity index (χ0) is 28.5. The first-order valence-electron chi connectivity index (χ1n) is 14.0. The quantitative estimate of drug-likeness (QED) is 0.473. The van der Waals surface area contributed by atoms with E-state index in [1.165, 1.54) is 55.6 Å².